The number of benzene rings is 3. The Morgan fingerprint density at radius 3 is 2.20 bits per heavy atom. The van der Waals surface area contributed by atoms with Gasteiger partial charge in [-0.1, -0.05) is 66.7 Å². The molecule has 2 bridgehead atoms. The van der Waals surface area contributed by atoms with Crippen LogP contribution in [-0.2, 0) is 4.74 Å². The highest BCUT2D eigenvalue weighted by molar-refractivity contribution is 5.79. The van der Waals surface area contributed by atoms with E-state index >= 15 is 0 Å². The van der Waals surface area contributed by atoms with Crippen LogP contribution in [-0.4, -0.2) is 36.3 Å². The van der Waals surface area contributed by atoms with Crippen LogP contribution < -0.4 is 4.74 Å². The highest BCUT2D eigenvalue weighted by Crippen LogP contribution is 2.45. The van der Waals surface area contributed by atoms with Crippen molar-refractivity contribution in [1.29, 1.82) is 0 Å². The van der Waals surface area contributed by atoms with E-state index in [9.17, 15) is 13.6 Å². The maximum Gasteiger partial charge on any atom is 0.410 e. The lowest BCUT2D eigenvalue weighted by Crippen LogP contribution is -2.43. The predicted molar refractivity (Wildman–Crippen MR) is 129 cm³/mol. The molecule has 2 unspecified atom stereocenters. The Bertz CT molecular complexity index is 1240. The Morgan fingerprint density at radius 1 is 0.914 bits per heavy atom. The van der Waals surface area contributed by atoms with E-state index in [0.717, 1.165) is 30.4 Å². The molecule has 178 valence electrons. The zero-order chi connectivity index (χ0) is 23.9. The Hall–Kier alpha value is -3.67. The molecule has 0 N–H and O–H groups in total. The van der Waals surface area contributed by atoms with Gasteiger partial charge in [0.1, 0.15) is 12.4 Å². The van der Waals surface area contributed by atoms with Gasteiger partial charge in [0, 0.05) is 12.0 Å². The van der Waals surface area contributed by atoms with Crippen LogP contribution in [0.1, 0.15) is 41.9 Å². The second-order valence-electron chi connectivity index (χ2n) is 9.31. The monoisotopic (exact) mass is 473 g/mol. The molecule has 6 rings (SSSR count). The number of alkyl halides is 2. The van der Waals surface area contributed by atoms with Crippen LogP contribution in [0.25, 0.3) is 16.7 Å². The number of rotatable bonds is 5. The lowest BCUT2D eigenvalue weighted by atomic mass is 9.95. The van der Waals surface area contributed by atoms with Gasteiger partial charge in [0.05, 0.1) is 6.04 Å². The van der Waals surface area contributed by atoms with Gasteiger partial charge in [0.15, 0.2) is 0 Å². The number of nitrogens with zero attached hydrogens (tertiary/aromatic N) is 1. The third kappa shape index (κ3) is 3.97. The van der Waals surface area contributed by atoms with Gasteiger partial charge < -0.3 is 9.47 Å². The van der Waals surface area contributed by atoms with Crippen LogP contribution in [0.5, 0.6) is 5.75 Å². The molecule has 0 aromatic heterocycles. The first-order valence-corrected chi connectivity index (χ1v) is 12.0. The first-order valence-electron chi connectivity index (χ1n) is 12.0. The molecule has 0 saturated carbocycles. The van der Waals surface area contributed by atoms with E-state index in [2.05, 4.69) is 35.1 Å². The first kappa shape index (κ1) is 21.8. The van der Waals surface area contributed by atoms with Crippen molar-refractivity contribution in [3.8, 4) is 16.9 Å². The van der Waals surface area contributed by atoms with Crippen molar-refractivity contribution in [2.75, 3.05) is 6.61 Å². The molecule has 1 saturated heterocycles. The van der Waals surface area contributed by atoms with Crippen LogP contribution in [0.2, 0.25) is 0 Å². The molecule has 4 nitrogen and oxygen atoms in total. The Balaban J connectivity index is 1.16. The summed E-state index contributed by atoms with van der Waals surface area (Å²) in [6, 6.07) is 23.4. The largest absolute Gasteiger partial charge is 0.448 e. The summed E-state index contributed by atoms with van der Waals surface area (Å²) in [6.07, 6.45) is 4.38. The van der Waals surface area contributed by atoms with Gasteiger partial charge in [-0.3, -0.25) is 4.90 Å². The zero-order valence-electron chi connectivity index (χ0n) is 19.1. The third-order valence-corrected chi connectivity index (χ3v) is 7.39. The van der Waals surface area contributed by atoms with E-state index in [1.54, 1.807) is 24.3 Å². The van der Waals surface area contributed by atoms with Gasteiger partial charge in [-0.15, -0.1) is 0 Å². The number of halogens is 2. The van der Waals surface area contributed by atoms with Crippen LogP contribution in [0.3, 0.4) is 0 Å². The van der Waals surface area contributed by atoms with Crippen molar-refractivity contribution >= 4 is 11.7 Å². The average molecular weight is 474 g/mol. The first-order chi connectivity index (χ1) is 17.1. The van der Waals surface area contributed by atoms with Gasteiger partial charge >= 0.3 is 12.7 Å². The highest BCUT2D eigenvalue weighted by Gasteiger charge is 2.41. The molecule has 3 aromatic carbocycles. The van der Waals surface area contributed by atoms with Crippen molar-refractivity contribution in [2.24, 2.45) is 0 Å². The molecule has 1 amide bonds. The highest BCUT2D eigenvalue weighted by atomic mass is 19.3. The van der Waals surface area contributed by atoms with E-state index < -0.39 is 6.61 Å². The Morgan fingerprint density at radius 2 is 1.57 bits per heavy atom. The Kier molecular flexibility index (Phi) is 5.51. The molecule has 6 heteroatoms. The number of carbonyl (C=O) groups is 1. The molecule has 2 heterocycles. The summed E-state index contributed by atoms with van der Waals surface area (Å²) in [4.78, 5) is 15.1. The van der Waals surface area contributed by atoms with Gasteiger partial charge in [0.2, 0.25) is 0 Å². The van der Waals surface area contributed by atoms with Crippen LogP contribution >= 0.6 is 0 Å². The van der Waals surface area contributed by atoms with Gasteiger partial charge in [0.25, 0.3) is 0 Å². The second-order valence-corrected chi connectivity index (χ2v) is 9.31. The molecule has 1 fully saturated rings. The van der Waals surface area contributed by atoms with Crippen LogP contribution in [0, 0.1) is 0 Å². The zero-order valence-corrected chi connectivity index (χ0v) is 19.1. The number of carbonyl (C=O) groups excluding carboxylic acids is 1. The van der Waals surface area contributed by atoms with E-state index in [1.165, 1.54) is 22.3 Å². The van der Waals surface area contributed by atoms with Gasteiger partial charge in [-0.05, 0) is 64.8 Å². The quantitative estimate of drug-likeness (QED) is 0.406. The van der Waals surface area contributed by atoms with E-state index in [4.69, 9.17) is 4.74 Å². The number of amides is 1. The SMILES string of the molecule is O=C(OCC1c2ccccc2-c2ccccc21)N1C2C=C(c3ccc(OC(F)F)cc3)CC1CC2. The summed E-state index contributed by atoms with van der Waals surface area (Å²) in [6.45, 7) is -2.53. The third-order valence-electron chi connectivity index (χ3n) is 7.39. The van der Waals surface area contributed by atoms with Gasteiger partial charge in [-0.2, -0.15) is 8.78 Å². The Labute approximate surface area is 202 Å². The van der Waals surface area contributed by atoms with Gasteiger partial charge in [-0.25, -0.2) is 4.79 Å². The second kappa shape index (κ2) is 8.84. The van der Waals surface area contributed by atoms with Crippen LogP contribution in [0.4, 0.5) is 13.6 Å². The van der Waals surface area contributed by atoms with E-state index in [0.29, 0.717) is 6.61 Å². The minimum Gasteiger partial charge on any atom is -0.448 e. The average Bonchev–Trinajstić information content (AvgIpc) is 3.33. The number of hydrogen-bond acceptors (Lipinski definition) is 3. The normalized spacial score (nSPS) is 20.4. The predicted octanol–water partition coefficient (Wildman–Crippen LogP) is 6.86. The van der Waals surface area contributed by atoms with Crippen molar-refractivity contribution in [1.82, 2.24) is 4.90 Å². The summed E-state index contributed by atoms with van der Waals surface area (Å²) < 4.78 is 35.2. The summed E-state index contributed by atoms with van der Waals surface area (Å²) in [7, 11) is 0. The van der Waals surface area contributed by atoms with E-state index in [1.807, 2.05) is 29.2 Å². The number of hydrogen-bond donors (Lipinski definition) is 0. The molecule has 3 aromatic rings. The molecule has 2 aliphatic heterocycles. The fourth-order valence-electron chi connectivity index (χ4n) is 5.85. The molecular formula is C29H25F2NO3. The van der Waals surface area contributed by atoms with Crippen molar-refractivity contribution in [3.05, 3.63) is 95.6 Å². The lowest BCUT2D eigenvalue weighted by Gasteiger charge is -2.33. The minimum absolute atomic E-state index is 0.0172. The lowest BCUT2D eigenvalue weighted by molar-refractivity contribution is -0.0498. The molecule has 0 spiro atoms. The number of fused-ring (bicyclic) bond motifs is 5. The topological polar surface area (TPSA) is 38.8 Å². The molecule has 2 atom stereocenters. The molecule has 1 aliphatic carbocycles. The maximum absolute atomic E-state index is 13.2. The fourth-order valence-corrected chi connectivity index (χ4v) is 5.85. The fraction of sp³-hybridized carbons (Fsp3) is 0.276. The van der Waals surface area contributed by atoms with Crippen molar-refractivity contribution < 1.29 is 23.0 Å². The summed E-state index contributed by atoms with van der Waals surface area (Å²) in [5, 5.41) is 0. The molecule has 3 aliphatic rings. The summed E-state index contributed by atoms with van der Waals surface area (Å²) in [5.41, 5.74) is 6.91. The molecule has 35 heavy (non-hydrogen) atoms. The van der Waals surface area contributed by atoms with Crippen LogP contribution in [0.15, 0.2) is 78.9 Å². The van der Waals surface area contributed by atoms with E-state index in [-0.39, 0.29) is 29.8 Å². The maximum atomic E-state index is 13.2. The summed E-state index contributed by atoms with van der Waals surface area (Å²) >= 11 is 0. The smallest absolute Gasteiger partial charge is 0.410 e. The molecule has 0 radical (unpaired) electrons. The minimum atomic E-state index is -2.84. The number of ether oxygens (including phenoxy) is 2. The summed E-state index contributed by atoms with van der Waals surface area (Å²) in [5.74, 6) is 0.178. The van der Waals surface area contributed by atoms with Crippen molar-refractivity contribution in [2.45, 2.75) is 43.9 Å². The molecular weight excluding hydrogens is 448 g/mol. The standard InChI is InChI=1S/C29H25F2NO3/c30-28(31)35-22-13-9-18(10-14-22)19-15-20-11-12-21(16-19)32(20)29(33)34-17-27-25-7-3-1-5-23(25)24-6-2-4-8-26(24)27/h1-10,13-15,20-21,27-28H,11-12,16-17H2. The van der Waals surface area contributed by atoms with Crippen molar-refractivity contribution in [3.63, 3.8) is 0 Å².